The normalized spacial score (nSPS) is 11.4. The quantitative estimate of drug-likeness (QED) is 0.569. The molecule has 0 aliphatic heterocycles. The number of rotatable bonds is 2. The highest BCUT2D eigenvalue weighted by Crippen LogP contribution is 2.12. The van der Waals surface area contributed by atoms with Crippen molar-refractivity contribution in [3.8, 4) is 48.6 Å². The molecule has 64 valence electrons. The summed E-state index contributed by atoms with van der Waals surface area (Å²) in [7, 11) is 0. The SMILES string of the molecule is C#CC#COC(C#C)(C#CC)CC. The van der Waals surface area contributed by atoms with Crippen molar-refractivity contribution in [3.05, 3.63) is 0 Å². The maximum atomic E-state index is 5.29. The van der Waals surface area contributed by atoms with Crippen molar-refractivity contribution in [2.75, 3.05) is 0 Å². The number of hydrogen-bond acceptors (Lipinski definition) is 1. The Morgan fingerprint density at radius 1 is 1.38 bits per heavy atom. The van der Waals surface area contributed by atoms with Gasteiger partial charge in [-0.3, -0.25) is 0 Å². The highest BCUT2D eigenvalue weighted by atomic mass is 16.5. The summed E-state index contributed by atoms with van der Waals surface area (Å²) in [6.07, 6.45) is 13.1. The standard InChI is InChI=1S/C12H10O/c1-5-9-11-13-12(7-3,8-4)10-6-2/h1,3H,8H2,2,4H3. The predicted octanol–water partition coefficient (Wildman–Crippen LogP) is 1.40. The first-order valence-corrected chi connectivity index (χ1v) is 3.80. The van der Waals surface area contributed by atoms with Gasteiger partial charge >= 0.3 is 0 Å². The van der Waals surface area contributed by atoms with Crippen LogP contribution in [-0.4, -0.2) is 5.60 Å². The van der Waals surface area contributed by atoms with Gasteiger partial charge in [0.2, 0.25) is 5.60 Å². The molecule has 1 atom stereocenters. The Balaban J connectivity index is 4.70. The van der Waals surface area contributed by atoms with Crippen molar-refractivity contribution in [1.82, 2.24) is 0 Å². The second-order valence-corrected chi connectivity index (χ2v) is 2.17. The van der Waals surface area contributed by atoms with Gasteiger partial charge in [0.1, 0.15) is 6.11 Å². The Morgan fingerprint density at radius 2 is 2.08 bits per heavy atom. The van der Waals surface area contributed by atoms with Gasteiger partial charge in [-0.05, 0) is 24.7 Å². The molecule has 0 aliphatic carbocycles. The smallest absolute Gasteiger partial charge is 0.240 e. The van der Waals surface area contributed by atoms with Crippen LogP contribution < -0.4 is 0 Å². The van der Waals surface area contributed by atoms with Gasteiger partial charge in [-0.25, -0.2) is 0 Å². The minimum Gasteiger partial charge on any atom is -0.412 e. The van der Waals surface area contributed by atoms with Crippen LogP contribution in [0.25, 0.3) is 0 Å². The molecule has 0 heterocycles. The van der Waals surface area contributed by atoms with E-state index in [1.807, 2.05) is 6.92 Å². The minimum absolute atomic E-state index is 0.573. The molecule has 0 spiro atoms. The van der Waals surface area contributed by atoms with Crippen molar-refractivity contribution in [2.45, 2.75) is 25.9 Å². The molecule has 0 N–H and O–H groups in total. The average Bonchev–Trinajstić information content (AvgIpc) is 2.17. The van der Waals surface area contributed by atoms with E-state index in [1.54, 1.807) is 6.92 Å². The zero-order valence-electron chi connectivity index (χ0n) is 7.77. The molecule has 0 aromatic heterocycles. The number of terminal acetylenes is 2. The lowest BCUT2D eigenvalue weighted by molar-refractivity contribution is 0.151. The molecule has 0 saturated carbocycles. The van der Waals surface area contributed by atoms with Crippen molar-refractivity contribution in [3.63, 3.8) is 0 Å². The van der Waals surface area contributed by atoms with Crippen molar-refractivity contribution in [1.29, 1.82) is 0 Å². The number of hydrogen-bond donors (Lipinski definition) is 0. The summed E-state index contributed by atoms with van der Waals surface area (Å²) in [6, 6.07) is 0. The Bertz CT molecular complexity index is 356. The Morgan fingerprint density at radius 3 is 2.46 bits per heavy atom. The summed E-state index contributed by atoms with van der Waals surface area (Å²) in [5.41, 5.74) is -0.918. The van der Waals surface area contributed by atoms with Crippen LogP contribution in [0.5, 0.6) is 0 Å². The second-order valence-electron chi connectivity index (χ2n) is 2.17. The van der Waals surface area contributed by atoms with E-state index in [9.17, 15) is 0 Å². The molecule has 0 radical (unpaired) electrons. The van der Waals surface area contributed by atoms with Crippen molar-refractivity contribution < 1.29 is 4.74 Å². The van der Waals surface area contributed by atoms with Crippen LogP contribution in [0.3, 0.4) is 0 Å². The van der Waals surface area contributed by atoms with E-state index in [1.165, 1.54) is 0 Å². The van der Waals surface area contributed by atoms with E-state index in [0.717, 1.165) is 0 Å². The Labute approximate surface area is 79.9 Å². The molecule has 13 heavy (non-hydrogen) atoms. The van der Waals surface area contributed by atoms with Gasteiger partial charge in [0, 0.05) is 12.3 Å². The molecule has 0 aromatic rings. The molecule has 0 fully saturated rings. The summed E-state index contributed by atoms with van der Waals surface area (Å²) >= 11 is 0. The summed E-state index contributed by atoms with van der Waals surface area (Å²) in [4.78, 5) is 0. The van der Waals surface area contributed by atoms with Crippen molar-refractivity contribution in [2.24, 2.45) is 0 Å². The lowest BCUT2D eigenvalue weighted by Crippen LogP contribution is -2.25. The average molecular weight is 170 g/mol. The highest BCUT2D eigenvalue weighted by Gasteiger charge is 2.23. The van der Waals surface area contributed by atoms with Crippen LogP contribution in [0, 0.1) is 48.6 Å². The topological polar surface area (TPSA) is 9.23 Å². The summed E-state index contributed by atoms with van der Waals surface area (Å²) in [5.74, 6) is 12.4. The lowest BCUT2D eigenvalue weighted by Gasteiger charge is -2.16. The first-order valence-electron chi connectivity index (χ1n) is 3.80. The molecular weight excluding hydrogens is 160 g/mol. The third-order valence-electron chi connectivity index (χ3n) is 1.41. The zero-order chi connectivity index (χ0) is 10.2. The Kier molecular flexibility index (Phi) is 4.81. The zero-order valence-corrected chi connectivity index (χ0v) is 7.77. The first-order chi connectivity index (χ1) is 6.24. The molecule has 1 unspecified atom stereocenters. The van der Waals surface area contributed by atoms with Gasteiger partial charge in [-0.2, -0.15) is 0 Å². The molecule has 0 bridgehead atoms. The van der Waals surface area contributed by atoms with Gasteiger partial charge in [0.15, 0.2) is 0 Å². The van der Waals surface area contributed by atoms with Crippen molar-refractivity contribution >= 4 is 0 Å². The minimum atomic E-state index is -0.918. The van der Waals surface area contributed by atoms with Crippen LogP contribution in [0.1, 0.15) is 20.3 Å². The Hall–Kier alpha value is -1.96. The van der Waals surface area contributed by atoms with E-state index >= 15 is 0 Å². The third-order valence-corrected chi connectivity index (χ3v) is 1.41. The fourth-order valence-electron chi connectivity index (χ4n) is 0.698. The third kappa shape index (κ3) is 3.29. The summed E-state index contributed by atoms with van der Waals surface area (Å²) in [5, 5.41) is 0. The van der Waals surface area contributed by atoms with E-state index in [2.05, 4.69) is 35.7 Å². The lowest BCUT2D eigenvalue weighted by atomic mass is 10.0. The van der Waals surface area contributed by atoms with E-state index in [4.69, 9.17) is 17.6 Å². The van der Waals surface area contributed by atoms with Gasteiger partial charge in [0.25, 0.3) is 0 Å². The van der Waals surface area contributed by atoms with E-state index in [-0.39, 0.29) is 0 Å². The van der Waals surface area contributed by atoms with Gasteiger partial charge in [-0.15, -0.1) is 18.8 Å². The summed E-state index contributed by atoms with van der Waals surface area (Å²) < 4.78 is 5.10. The second kappa shape index (κ2) is 5.66. The van der Waals surface area contributed by atoms with Crippen LogP contribution in [-0.2, 0) is 4.74 Å². The van der Waals surface area contributed by atoms with Gasteiger partial charge < -0.3 is 4.74 Å². The molecule has 0 aliphatic rings. The summed E-state index contributed by atoms with van der Waals surface area (Å²) in [6.45, 7) is 3.57. The van der Waals surface area contributed by atoms with Crippen LogP contribution in [0.4, 0.5) is 0 Å². The monoisotopic (exact) mass is 170 g/mol. The first kappa shape index (κ1) is 11.0. The fourth-order valence-corrected chi connectivity index (χ4v) is 0.698. The van der Waals surface area contributed by atoms with Crippen LogP contribution in [0.15, 0.2) is 0 Å². The van der Waals surface area contributed by atoms with Gasteiger partial charge in [-0.1, -0.05) is 6.92 Å². The molecule has 0 aromatic carbocycles. The van der Waals surface area contributed by atoms with Crippen LogP contribution in [0.2, 0.25) is 0 Å². The van der Waals surface area contributed by atoms with E-state index < -0.39 is 5.60 Å². The molecule has 0 rings (SSSR count). The number of ether oxygens (including phenoxy) is 1. The van der Waals surface area contributed by atoms with E-state index in [0.29, 0.717) is 6.42 Å². The molecular formula is C12H10O. The predicted molar refractivity (Wildman–Crippen MR) is 53.0 cm³/mol. The maximum absolute atomic E-state index is 5.29. The molecule has 0 saturated heterocycles. The largest absolute Gasteiger partial charge is 0.412 e. The molecule has 0 amide bonds. The fraction of sp³-hybridized carbons (Fsp3) is 0.333. The molecule has 1 nitrogen and oxygen atoms in total. The maximum Gasteiger partial charge on any atom is 0.240 e. The van der Waals surface area contributed by atoms with Crippen LogP contribution >= 0.6 is 0 Å². The highest BCUT2D eigenvalue weighted by molar-refractivity contribution is 5.29. The van der Waals surface area contributed by atoms with Gasteiger partial charge in [0.05, 0.1) is 0 Å². The molecule has 1 heteroatoms.